The van der Waals surface area contributed by atoms with Crippen LogP contribution in [0, 0.1) is 5.82 Å². The van der Waals surface area contributed by atoms with Crippen molar-refractivity contribution in [1.82, 2.24) is 4.57 Å². The van der Waals surface area contributed by atoms with Gasteiger partial charge in [0, 0.05) is 33.3 Å². The summed E-state index contributed by atoms with van der Waals surface area (Å²) in [5.74, 6) is -0.239. The van der Waals surface area contributed by atoms with Gasteiger partial charge in [-0.25, -0.2) is 4.39 Å². The van der Waals surface area contributed by atoms with Crippen LogP contribution in [0.2, 0.25) is 0 Å². The van der Waals surface area contributed by atoms with Crippen LogP contribution < -0.4 is 0 Å². The fourth-order valence-corrected chi connectivity index (χ4v) is 3.21. The van der Waals surface area contributed by atoms with E-state index < -0.39 is 10.8 Å². The Morgan fingerprint density at radius 1 is 0.957 bits per heavy atom. The highest BCUT2D eigenvalue weighted by molar-refractivity contribution is 7.84. The SMILES string of the molecule is CCc1ccc(-c2ccc(F)cc2)n1-c1ccc(S(C)=O)cc1. The lowest BCUT2D eigenvalue weighted by atomic mass is 10.1. The summed E-state index contributed by atoms with van der Waals surface area (Å²) in [4.78, 5) is 0.808. The highest BCUT2D eigenvalue weighted by Gasteiger charge is 2.11. The zero-order chi connectivity index (χ0) is 16.4. The van der Waals surface area contributed by atoms with Gasteiger partial charge in [0.05, 0.1) is 5.69 Å². The number of hydrogen-bond donors (Lipinski definition) is 0. The summed E-state index contributed by atoms with van der Waals surface area (Å²) in [5.41, 5.74) is 4.18. The molecule has 1 heterocycles. The second kappa shape index (κ2) is 6.50. The summed E-state index contributed by atoms with van der Waals surface area (Å²) >= 11 is 0. The fraction of sp³-hybridized carbons (Fsp3) is 0.158. The van der Waals surface area contributed by atoms with Gasteiger partial charge in [-0.3, -0.25) is 4.21 Å². The summed E-state index contributed by atoms with van der Waals surface area (Å²) in [6.45, 7) is 2.11. The minimum atomic E-state index is -0.986. The topological polar surface area (TPSA) is 22.0 Å². The quantitative estimate of drug-likeness (QED) is 0.687. The molecule has 3 aromatic rings. The van der Waals surface area contributed by atoms with Gasteiger partial charge in [0.25, 0.3) is 0 Å². The molecule has 23 heavy (non-hydrogen) atoms. The summed E-state index contributed by atoms with van der Waals surface area (Å²) in [6.07, 6.45) is 2.56. The average molecular weight is 327 g/mol. The molecule has 1 unspecified atom stereocenters. The van der Waals surface area contributed by atoms with Gasteiger partial charge in [-0.05, 0) is 72.6 Å². The van der Waals surface area contributed by atoms with E-state index in [-0.39, 0.29) is 5.82 Å². The number of nitrogens with zero attached hydrogens (tertiary/aromatic N) is 1. The molecule has 3 rings (SSSR count). The van der Waals surface area contributed by atoms with E-state index in [0.29, 0.717) is 0 Å². The Bertz CT molecular complexity index is 835. The average Bonchev–Trinajstić information content (AvgIpc) is 2.99. The van der Waals surface area contributed by atoms with E-state index in [1.165, 1.54) is 17.8 Å². The second-order valence-corrected chi connectivity index (χ2v) is 6.73. The molecule has 0 saturated carbocycles. The standard InChI is InChI=1S/C19H18FNOS/c1-3-16-10-13-19(14-4-6-15(20)7-5-14)21(16)17-8-11-18(12-9-17)23(2)22/h4-13H,3H2,1-2H3. The van der Waals surface area contributed by atoms with Crippen LogP contribution in [0.4, 0.5) is 4.39 Å². The van der Waals surface area contributed by atoms with Gasteiger partial charge in [-0.15, -0.1) is 0 Å². The molecule has 0 bridgehead atoms. The maximum Gasteiger partial charge on any atom is 0.123 e. The van der Waals surface area contributed by atoms with E-state index in [4.69, 9.17) is 0 Å². The normalized spacial score (nSPS) is 12.3. The van der Waals surface area contributed by atoms with E-state index in [9.17, 15) is 8.60 Å². The van der Waals surface area contributed by atoms with E-state index >= 15 is 0 Å². The molecule has 0 aliphatic rings. The lowest BCUT2D eigenvalue weighted by molar-refractivity contribution is 0.628. The van der Waals surface area contributed by atoms with Crippen LogP contribution in [0.25, 0.3) is 16.9 Å². The van der Waals surface area contributed by atoms with Gasteiger partial charge >= 0.3 is 0 Å². The molecule has 4 heteroatoms. The summed E-state index contributed by atoms with van der Waals surface area (Å²) in [7, 11) is -0.986. The van der Waals surface area contributed by atoms with Crippen molar-refractivity contribution in [1.29, 1.82) is 0 Å². The molecule has 2 nitrogen and oxygen atoms in total. The molecular formula is C19H18FNOS. The van der Waals surface area contributed by atoms with E-state index in [1.807, 2.05) is 24.3 Å². The Kier molecular flexibility index (Phi) is 4.44. The van der Waals surface area contributed by atoms with Crippen LogP contribution in [0.5, 0.6) is 0 Å². The van der Waals surface area contributed by atoms with Gasteiger partial charge in [-0.2, -0.15) is 0 Å². The molecular weight excluding hydrogens is 309 g/mol. The first kappa shape index (κ1) is 15.7. The number of aryl methyl sites for hydroxylation is 1. The van der Waals surface area contributed by atoms with Crippen LogP contribution in [0.1, 0.15) is 12.6 Å². The van der Waals surface area contributed by atoms with Crippen LogP contribution >= 0.6 is 0 Å². The smallest absolute Gasteiger partial charge is 0.123 e. The monoisotopic (exact) mass is 327 g/mol. The Morgan fingerprint density at radius 3 is 2.17 bits per heavy atom. The Morgan fingerprint density at radius 2 is 1.61 bits per heavy atom. The Balaban J connectivity index is 2.12. The van der Waals surface area contributed by atoms with Gasteiger partial charge in [0.15, 0.2) is 0 Å². The zero-order valence-electron chi connectivity index (χ0n) is 13.1. The molecule has 118 valence electrons. The van der Waals surface area contributed by atoms with Crippen molar-refractivity contribution in [2.45, 2.75) is 18.2 Å². The second-order valence-electron chi connectivity index (χ2n) is 5.35. The first-order chi connectivity index (χ1) is 11.1. The minimum absolute atomic E-state index is 0.239. The lowest BCUT2D eigenvalue weighted by Crippen LogP contribution is -2.01. The fourth-order valence-electron chi connectivity index (χ4n) is 2.69. The summed E-state index contributed by atoms with van der Waals surface area (Å²) in [6, 6.07) is 18.4. The molecule has 0 radical (unpaired) electrons. The predicted molar refractivity (Wildman–Crippen MR) is 92.9 cm³/mol. The van der Waals surface area contributed by atoms with Gasteiger partial charge < -0.3 is 4.57 Å². The number of halogens is 1. The van der Waals surface area contributed by atoms with Crippen molar-refractivity contribution >= 4 is 10.8 Å². The summed E-state index contributed by atoms with van der Waals surface area (Å²) in [5, 5.41) is 0. The molecule has 1 aromatic heterocycles. The van der Waals surface area contributed by atoms with Crippen molar-refractivity contribution < 1.29 is 8.60 Å². The molecule has 0 spiro atoms. The molecule has 1 atom stereocenters. The molecule has 0 amide bonds. The lowest BCUT2D eigenvalue weighted by Gasteiger charge is -2.14. The van der Waals surface area contributed by atoms with Crippen LogP contribution in [0.15, 0.2) is 65.6 Å². The van der Waals surface area contributed by atoms with E-state index in [0.717, 1.165) is 28.3 Å². The largest absolute Gasteiger partial charge is 0.314 e. The third kappa shape index (κ3) is 3.13. The van der Waals surface area contributed by atoms with Gasteiger partial charge in [0.1, 0.15) is 5.82 Å². The molecule has 0 N–H and O–H groups in total. The molecule has 2 aromatic carbocycles. The van der Waals surface area contributed by atoms with Crippen molar-refractivity contribution in [3.05, 3.63) is 72.2 Å². The maximum atomic E-state index is 13.2. The summed E-state index contributed by atoms with van der Waals surface area (Å²) < 4.78 is 26.9. The molecule has 0 aliphatic heterocycles. The predicted octanol–water partition coefficient (Wildman–Crippen LogP) is 4.58. The number of hydrogen-bond acceptors (Lipinski definition) is 1. The highest BCUT2D eigenvalue weighted by Crippen LogP contribution is 2.27. The van der Waals surface area contributed by atoms with E-state index in [1.54, 1.807) is 18.4 Å². The minimum Gasteiger partial charge on any atom is -0.314 e. The van der Waals surface area contributed by atoms with Crippen molar-refractivity contribution in [3.8, 4) is 16.9 Å². The third-order valence-corrected chi connectivity index (χ3v) is 4.83. The van der Waals surface area contributed by atoms with Crippen molar-refractivity contribution in [2.24, 2.45) is 0 Å². The number of aromatic nitrogens is 1. The Hall–Kier alpha value is -2.20. The first-order valence-electron chi connectivity index (χ1n) is 7.50. The molecule has 0 saturated heterocycles. The van der Waals surface area contributed by atoms with Gasteiger partial charge in [-0.1, -0.05) is 6.92 Å². The third-order valence-electron chi connectivity index (χ3n) is 3.89. The maximum absolute atomic E-state index is 13.2. The van der Waals surface area contributed by atoms with Crippen LogP contribution in [-0.2, 0) is 17.2 Å². The molecule has 0 aliphatic carbocycles. The zero-order valence-corrected chi connectivity index (χ0v) is 13.9. The van der Waals surface area contributed by atoms with Crippen molar-refractivity contribution in [2.75, 3.05) is 6.26 Å². The number of rotatable bonds is 4. The van der Waals surface area contributed by atoms with Crippen LogP contribution in [0.3, 0.4) is 0 Å². The van der Waals surface area contributed by atoms with Gasteiger partial charge in [0.2, 0.25) is 0 Å². The highest BCUT2D eigenvalue weighted by atomic mass is 32.2. The Labute approximate surface area is 138 Å². The van der Waals surface area contributed by atoms with Crippen LogP contribution in [-0.4, -0.2) is 15.0 Å². The van der Waals surface area contributed by atoms with E-state index in [2.05, 4.69) is 23.6 Å². The van der Waals surface area contributed by atoms with Crippen molar-refractivity contribution in [3.63, 3.8) is 0 Å². The first-order valence-corrected chi connectivity index (χ1v) is 9.06. The number of benzene rings is 2. The molecule has 0 fully saturated rings.